The van der Waals surface area contributed by atoms with Crippen molar-refractivity contribution in [2.24, 2.45) is 0 Å². The standard InChI is InChI=1S/C12H10O3/c1-15-7-8-6-11(13)9-4-2-3-5-10(9)12(8)14/h2-6H,7H2,1H3. The Bertz CT molecular complexity index is 458. The van der Waals surface area contributed by atoms with Gasteiger partial charge >= 0.3 is 0 Å². The van der Waals surface area contributed by atoms with Gasteiger partial charge in [-0.15, -0.1) is 0 Å². The number of rotatable bonds is 2. The lowest BCUT2D eigenvalue weighted by molar-refractivity contribution is 0.0964. The van der Waals surface area contributed by atoms with Crippen molar-refractivity contribution < 1.29 is 14.3 Å². The van der Waals surface area contributed by atoms with Crippen LogP contribution in [-0.2, 0) is 4.74 Å². The number of carbonyl (C=O) groups excluding carboxylic acids is 2. The van der Waals surface area contributed by atoms with Gasteiger partial charge in [0.25, 0.3) is 0 Å². The minimum absolute atomic E-state index is 0.118. The van der Waals surface area contributed by atoms with Crippen LogP contribution in [0, 0.1) is 0 Å². The Morgan fingerprint density at radius 1 is 1.13 bits per heavy atom. The highest BCUT2D eigenvalue weighted by atomic mass is 16.5. The van der Waals surface area contributed by atoms with Crippen molar-refractivity contribution in [1.29, 1.82) is 0 Å². The Labute approximate surface area is 87.4 Å². The average Bonchev–Trinajstić information content (AvgIpc) is 2.26. The molecule has 0 saturated heterocycles. The molecule has 0 spiro atoms. The topological polar surface area (TPSA) is 43.4 Å². The predicted octanol–water partition coefficient (Wildman–Crippen LogP) is 1.64. The molecular weight excluding hydrogens is 192 g/mol. The molecular formula is C12H10O3. The number of ketones is 2. The Balaban J connectivity index is 2.49. The van der Waals surface area contributed by atoms with Gasteiger partial charge in [0.2, 0.25) is 0 Å². The Morgan fingerprint density at radius 2 is 1.80 bits per heavy atom. The highest BCUT2D eigenvalue weighted by molar-refractivity contribution is 6.24. The van der Waals surface area contributed by atoms with Crippen LogP contribution in [0.1, 0.15) is 20.7 Å². The molecule has 0 saturated carbocycles. The summed E-state index contributed by atoms with van der Waals surface area (Å²) in [6, 6.07) is 6.83. The van der Waals surface area contributed by atoms with Crippen molar-refractivity contribution in [2.45, 2.75) is 0 Å². The number of allylic oxidation sites excluding steroid dienone is 1. The molecule has 0 radical (unpaired) electrons. The van der Waals surface area contributed by atoms with E-state index in [2.05, 4.69) is 0 Å². The summed E-state index contributed by atoms with van der Waals surface area (Å²) in [5, 5.41) is 0. The first kappa shape index (κ1) is 9.80. The fourth-order valence-corrected chi connectivity index (χ4v) is 1.63. The number of hydrogen-bond donors (Lipinski definition) is 0. The molecule has 1 aliphatic rings. The summed E-state index contributed by atoms with van der Waals surface area (Å²) in [4.78, 5) is 23.5. The predicted molar refractivity (Wildman–Crippen MR) is 55.1 cm³/mol. The average molecular weight is 202 g/mol. The zero-order valence-electron chi connectivity index (χ0n) is 8.32. The monoisotopic (exact) mass is 202 g/mol. The third-order valence-electron chi connectivity index (χ3n) is 2.33. The van der Waals surface area contributed by atoms with Crippen LogP contribution in [0.3, 0.4) is 0 Å². The van der Waals surface area contributed by atoms with Gasteiger partial charge in [-0.05, 0) is 6.08 Å². The molecule has 0 aliphatic heterocycles. The second-order valence-corrected chi connectivity index (χ2v) is 3.34. The maximum absolute atomic E-state index is 11.9. The molecule has 1 aliphatic carbocycles. The van der Waals surface area contributed by atoms with E-state index in [4.69, 9.17) is 4.74 Å². The van der Waals surface area contributed by atoms with E-state index in [9.17, 15) is 9.59 Å². The molecule has 0 fully saturated rings. The molecule has 3 heteroatoms. The lowest BCUT2D eigenvalue weighted by Gasteiger charge is -2.13. The summed E-state index contributed by atoms with van der Waals surface area (Å²) in [6.45, 7) is 0.179. The van der Waals surface area contributed by atoms with E-state index in [1.165, 1.54) is 13.2 Å². The summed E-state index contributed by atoms with van der Waals surface area (Å²) < 4.78 is 4.87. The fourth-order valence-electron chi connectivity index (χ4n) is 1.63. The van der Waals surface area contributed by atoms with Gasteiger partial charge in [-0.1, -0.05) is 24.3 Å². The van der Waals surface area contributed by atoms with E-state index in [-0.39, 0.29) is 18.2 Å². The molecule has 0 aromatic heterocycles. The van der Waals surface area contributed by atoms with Crippen LogP contribution in [0.4, 0.5) is 0 Å². The zero-order valence-corrected chi connectivity index (χ0v) is 8.32. The molecule has 3 nitrogen and oxygen atoms in total. The van der Waals surface area contributed by atoms with Crippen molar-refractivity contribution in [1.82, 2.24) is 0 Å². The van der Waals surface area contributed by atoms with Gasteiger partial charge in [0.15, 0.2) is 11.6 Å². The summed E-state index contributed by atoms with van der Waals surface area (Å²) >= 11 is 0. The van der Waals surface area contributed by atoms with Crippen LogP contribution in [-0.4, -0.2) is 25.3 Å². The van der Waals surface area contributed by atoms with Crippen molar-refractivity contribution in [3.8, 4) is 0 Å². The summed E-state index contributed by atoms with van der Waals surface area (Å²) in [5.41, 5.74) is 1.36. The van der Waals surface area contributed by atoms with Crippen LogP contribution in [0.15, 0.2) is 35.9 Å². The molecule has 0 atom stereocenters. The minimum Gasteiger partial charge on any atom is -0.380 e. The number of fused-ring (bicyclic) bond motifs is 1. The SMILES string of the molecule is COCC1=CC(=O)c2ccccc2C1=O. The molecule has 2 rings (SSSR count). The van der Waals surface area contributed by atoms with Crippen molar-refractivity contribution >= 4 is 11.6 Å². The van der Waals surface area contributed by atoms with Gasteiger partial charge in [0.1, 0.15) is 0 Å². The molecule has 0 bridgehead atoms. The van der Waals surface area contributed by atoms with Crippen molar-refractivity contribution in [2.75, 3.05) is 13.7 Å². The molecule has 0 unspecified atom stereocenters. The third-order valence-corrected chi connectivity index (χ3v) is 2.33. The summed E-state index contributed by atoms with van der Waals surface area (Å²) in [5.74, 6) is -0.246. The van der Waals surface area contributed by atoms with Gasteiger partial charge in [-0.2, -0.15) is 0 Å². The maximum atomic E-state index is 11.9. The normalized spacial score (nSPS) is 14.9. The first-order valence-corrected chi connectivity index (χ1v) is 4.61. The van der Waals surface area contributed by atoms with E-state index in [0.29, 0.717) is 16.7 Å². The van der Waals surface area contributed by atoms with Crippen LogP contribution in [0.25, 0.3) is 0 Å². The highest BCUT2D eigenvalue weighted by Gasteiger charge is 2.24. The van der Waals surface area contributed by atoms with E-state index in [1.807, 2.05) is 0 Å². The largest absolute Gasteiger partial charge is 0.380 e. The van der Waals surface area contributed by atoms with Gasteiger partial charge in [-0.25, -0.2) is 0 Å². The summed E-state index contributed by atoms with van der Waals surface area (Å²) in [7, 11) is 1.50. The number of ether oxygens (including phenoxy) is 1. The van der Waals surface area contributed by atoms with Crippen molar-refractivity contribution in [3.63, 3.8) is 0 Å². The summed E-state index contributed by atoms with van der Waals surface area (Å²) in [6.07, 6.45) is 1.36. The highest BCUT2D eigenvalue weighted by Crippen LogP contribution is 2.20. The second-order valence-electron chi connectivity index (χ2n) is 3.34. The number of carbonyl (C=O) groups is 2. The van der Waals surface area contributed by atoms with Gasteiger partial charge in [-0.3, -0.25) is 9.59 Å². The fraction of sp³-hybridized carbons (Fsp3) is 0.167. The Morgan fingerprint density at radius 3 is 2.47 bits per heavy atom. The Kier molecular flexibility index (Phi) is 2.47. The quantitative estimate of drug-likeness (QED) is 0.732. The molecule has 76 valence electrons. The van der Waals surface area contributed by atoms with Crippen LogP contribution in [0.2, 0.25) is 0 Å². The molecule has 0 N–H and O–H groups in total. The van der Waals surface area contributed by atoms with E-state index < -0.39 is 0 Å². The van der Waals surface area contributed by atoms with Crippen LogP contribution in [0.5, 0.6) is 0 Å². The van der Waals surface area contributed by atoms with Crippen LogP contribution >= 0.6 is 0 Å². The van der Waals surface area contributed by atoms with Gasteiger partial charge < -0.3 is 4.74 Å². The zero-order chi connectivity index (χ0) is 10.8. The maximum Gasteiger partial charge on any atom is 0.192 e. The number of Topliss-reactive ketones (excluding diaryl/α,β-unsaturated/α-hetero) is 1. The molecule has 15 heavy (non-hydrogen) atoms. The minimum atomic E-state index is -0.128. The van der Waals surface area contributed by atoms with Gasteiger partial charge in [0, 0.05) is 23.8 Å². The Hall–Kier alpha value is -1.74. The number of hydrogen-bond acceptors (Lipinski definition) is 3. The lowest BCUT2D eigenvalue weighted by Crippen LogP contribution is -2.19. The van der Waals surface area contributed by atoms with E-state index in [1.54, 1.807) is 24.3 Å². The van der Waals surface area contributed by atoms with E-state index in [0.717, 1.165) is 0 Å². The first-order valence-electron chi connectivity index (χ1n) is 4.61. The number of methoxy groups -OCH3 is 1. The molecule has 0 amide bonds. The van der Waals surface area contributed by atoms with Gasteiger partial charge in [0.05, 0.1) is 6.61 Å². The lowest BCUT2D eigenvalue weighted by atomic mass is 9.90. The third kappa shape index (κ3) is 1.62. The van der Waals surface area contributed by atoms with Crippen LogP contribution < -0.4 is 0 Å². The molecule has 1 aromatic rings. The molecule has 0 heterocycles. The molecule has 1 aromatic carbocycles. The first-order chi connectivity index (χ1) is 7.24. The number of benzene rings is 1. The van der Waals surface area contributed by atoms with E-state index >= 15 is 0 Å². The smallest absolute Gasteiger partial charge is 0.192 e. The van der Waals surface area contributed by atoms with Crippen molar-refractivity contribution in [3.05, 3.63) is 47.0 Å². The second kappa shape index (κ2) is 3.79.